The van der Waals surface area contributed by atoms with Gasteiger partial charge in [0.1, 0.15) is 0 Å². The third-order valence-electron chi connectivity index (χ3n) is 4.19. The minimum Gasteiger partial charge on any atom is -0.352 e. The molecule has 0 aliphatic heterocycles. The van der Waals surface area contributed by atoms with Gasteiger partial charge in [-0.3, -0.25) is 4.79 Å². The summed E-state index contributed by atoms with van der Waals surface area (Å²) in [6.45, 7) is 4.70. The number of sulfonamides is 1. The van der Waals surface area contributed by atoms with Crippen molar-refractivity contribution in [2.45, 2.75) is 37.8 Å². The molecule has 0 saturated heterocycles. The fraction of sp³-hybridized carbons (Fsp3) is 0.300. The molecular formula is C20H24N4O3S. The van der Waals surface area contributed by atoms with Crippen LogP contribution in [0.15, 0.2) is 59.8 Å². The number of nitrogens with zero attached hydrogens (tertiary/aromatic N) is 2. The van der Waals surface area contributed by atoms with Gasteiger partial charge in [0.25, 0.3) is 5.91 Å². The molecule has 0 spiro atoms. The van der Waals surface area contributed by atoms with Crippen LogP contribution < -0.4 is 10.0 Å². The molecule has 0 atom stereocenters. The largest absolute Gasteiger partial charge is 0.352 e. The maximum Gasteiger partial charge on any atom is 0.251 e. The van der Waals surface area contributed by atoms with Crippen molar-refractivity contribution in [2.75, 3.05) is 6.54 Å². The van der Waals surface area contributed by atoms with E-state index in [1.807, 2.05) is 28.8 Å². The number of aryl methyl sites for hydroxylation is 1. The lowest BCUT2D eigenvalue weighted by Crippen LogP contribution is -2.30. The van der Waals surface area contributed by atoms with Crippen molar-refractivity contribution in [1.29, 1.82) is 0 Å². The highest BCUT2D eigenvalue weighted by atomic mass is 32.2. The second-order valence-electron chi connectivity index (χ2n) is 6.84. The van der Waals surface area contributed by atoms with E-state index in [9.17, 15) is 13.2 Å². The van der Waals surface area contributed by atoms with Gasteiger partial charge >= 0.3 is 0 Å². The zero-order chi connectivity index (χ0) is 20.1. The van der Waals surface area contributed by atoms with Crippen molar-refractivity contribution in [3.8, 4) is 0 Å². The normalized spacial score (nSPS) is 11.8. The fourth-order valence-electron chi connectivity index (χ4n) is 2.92. The van der Waals surface area contributed by atoms with Gasteiger partial charge in [0.15, 0.2) is 0 Å². The molecule has 3 aromatic rings. The minimum absolute atomic E-state index is 0.0822. The second-order valence-corrected chi connectivity index (χ2v) is 8.55. The van der Waals surface area contributed by atoms with Crippen LogP contribution >= 0.6 is 0 Å². The van der Waals surface area contributed by atoms with Crippen molar-refractivity contribution in [3.05, 3.63) is 60.4 Å². The highest BCUT2D eigenvalue weighted by molar-refractivity contribution is 7.89. The van der Waals surface area contributed by atoms with Crippen LogP contribution in [0.3, 0.4) is 0 Å². The first-order valence-corrected chi connectivity index (χ1v) is 10.7. The van der Waals surface area contributed by atoms with Gasteiger partial charge in [-0.2, -0.15) is 0 Å². The molecule has 2 N–H and O–H groups in total. The van der Waals surface area contributed by atoms with Gasteiger partial charge in [-0.05, 0) is 50.6 Å². The number of nitrogens with one attached hydrogen (secondary N) is 2. The van der Waals surface area contributed by atoms with E-state index in [0.717, 1.165) is 24.0 Å². The minimum atomic E-state index is -3.63. The highest BCUT2D eigenvalue weighted by Crippen LogP contribution is 2.13. The predicted molar refractivity (Wildman–Crippen MR) is 109 cm³/mol. The van der Waals surface area contributed by atoms with Gasteiger partial charge < -0.3 is 9.88 Å². The number of rotatable bonds is 8. The van der Waals surface area contributed by atoms with Gasteiger partial charge in [-0.15, -0.1) is 0 Å². The molecule has 3 rings (SSSR count). The van der Waals surface area contributed by atoms with E-state index in [0.29, 0.717) is 12.1 Å². The number of aromatic nitrogens is 2. The summed E-state index contributed by atoms with van der Waals surface area (Å²) >= 11 is 0. The van der Waals surface area contributed by atoms with Crippen LogP contribution in [-0.4, -0.2) is 36.5 Å². The molecule has 0 aliphatic rings. The standard InChI is InChI=1S/C20H24N4O3S/c1-15(2)23-28(26,27)17-8-5-7-16(13-17)20(25)21-11-6-12-24-14-22-18-9-3-4-10-19(18)24/h3-5,7-10,13-15,23H,6,11-12H2,1-2H3,(H,21,25). The van der Waals surface area contributed by atoms with Crippen LogP contribution in [0.2, 0.25) is 0 Å². The van der Waals surface area contributed by atoms with Gasteiger partial charge in [0.2, 0.25) is 10.0 Å². The van der Waals surface area contributed by atoms with Gasteiger partial charge in [0.05, 0.1) is 22.3 Å². The van der Waals surface area contributed by atoms with Crippen molar-refractivity contribution < 1.29 is 13.2 Å². The number of imidazole rings is 1. The molecule has 0 unspecified atom stereocenters. The van der Waals surface area contributed by atoms with Crippen LogP contribution in [0.5, 0.6) is 0 Å². The summed E-state index contributed by atoms with van der Waals surface area (Å²) in [5.41, 5.74) is 2.32. The molecule has 0 aliphatic carbocycles. The fourth-order valence-corrected chi connectivity index (χ4v) is 4.22. The number of carbonyl (C=O) groups is 1. The first kappa shape index (κ1) is 20.0. The second kappa shape index (κ2) is 8.53. The van der Waals surface area contributed by atoms with Gasteiger partial charge in [-0.25, -0.2) is 18.1 Å². The number of amides is 1. The van der Waals surface area contributed by atoms with Crippen LogP contribution in [0.1, 0.15) is 30.6 Å². The molecule has 7 nitrogen and oxygen atoms in total. The lowest BCUT2D eigenvalue weighted by Gasteiger charge is -2.11. The van der Waals surface area contributed by atoms with E-state index in [4.69, 9.17) is 0 Å². The number of hydrogen-bond acceptors (Lipinski definition) is 4. The highest BCUT2D eigenvalue weighted by Gasteiger charge is 2.17. The predicted octanol–water partition coefficient (Wildman–Crippen LogP) is 2.54. The smallest absolute Gasteiger partial charge is 0.251 e. The third-order valence-corrected chi connectivity index (χ3v) is 5.84. The van der Waals surface area contributed by atoms with Crippen LogP contribution in [0.4, 0.5) is 0 Å². The monoisotopic (exact) mass is 400 g/mol. The van der Waals surface area contributed by atoms with E-state index in [1.54, 1.807) is 32.3 Å². The Morgan fingerprint density at radius 1 is 1.14 bits per heavy atom. The summed E-state index contributed by atoms with van der Waals surface area (Å²) in [5, 5.41) is 2.84. The average molecular weight is 401 g/mol. The maximum absolute atomic E-state index is 12.4. The molecule has 1 aromatic heterocycles. The molecule has 0 bridgehead atoms. The van der Waals surface area contributed by atoms with Crippen molar-refractivity contribution in [2.24, 2.45) is 0 Å². The van der Waals surface area contributed by atoms with E-state index in [-0.39, 0.29) is 16.8 Å². The molecule has 148 valence electrons. The lowest BCUT2D eigenvalue weighted by molar-refractivity contribution is 0.0952. The number of carbonyl (C=O) groups excluding carboxylic acids is 1. The molecule has 1 amide bonds. The summed E-state index contributed by atoms with van der Waals surface area (Å²) in [4.78, 5) is 16.8. The number of hydrogen-bond donors (Lipinski definition) is 2. The number of fused-ring (bicyclic) bond motifs is 1. The molecule has 2 aromatic carbocycles. The van der Waals surface area contributed by atoms with Crippen molar-refractivity contribution in [3.63, 3.8) is 0 Å². The molecule has 8 heteroatoms. The first-order valence-electron chi connectivity index (χ1n) is 9.17. The summed E-state index contributed by atoms with van der Waals surface area (Å²) in [6, 6.07) is 13.7. The summed E-state index contributed by atoms with van der Waals surface area (Å²) in [5.74, 6) is -0.294. The lowest BCUT2D eigenvalue weighted by atomic mass is 10.2. The molecular weight excluding hydrogens is 376 g/mol. The Hall–Kier alpha value is -2.71. The first-order chi connectivity index (χ1) is 13.4. The Kier molecular flexibility index (Phi) is 6.11. The molecule has 0 radical (unpaired) electrons. The molecule has 28 heavy (non-hydrogen) atoms. The van der Waals surface area contributed by atoms with Crippen molar-refractivity contribution >= 4 is 27.0 Å². The summed E-state index contributed by atoms with van der Waals surface area (Å²) in [7, 11) is -3.63. The Balaban J connectivity index is 1.57. The molecule has 0 saturated carbocycles. The topological polar surface area (TPSA) is 93.1 Å². The quantitative estimate of drug-likeness (QED) is 0.568. The maximum atomic E-state index is 12.4. The van der Waals surface area contributed by atoms with Crippen molar-refractivity contribution in [1.82, 2.24) is 19.6 Å². The van der Waals surface area contributed by atoms with Crippen LogP contribution in [-0.2, 0) is 16.6 Å². The van der Waals surface area contributed by atoms with E-state index >= 15 is 0 Å². The van der Waals surface area contributed by atoms with E-state index in [2.05, 4.69) is 15.0 Å². The summed E-state index contributed by atoms with van der Waals surface area (Å²) in [6.07, 6.45) is 2.53. The third kappa shape index (κ3) is 4.76. The number of para-hydroxylation sites is 2. The zero-order valence-corrected chi connectivity index (χ0v) is 16.7. The van der Waals surface area contributed by atoms with Crippen LogP contribution in [0, 0.1) is 0 Å². The molecule has 0 fully saturated rings. The SMILES string of the molecule is CC(C)NS(=O)(=O)c1cccc(C(=O)NCCCn2cnc3ccccc32)c1. The zero-order valence-electron chi connectivity index (χ0n) is 15.9. The van der Waals surface area contributed by atoms with E-state index in [1.165, 1.54) is 12.1 Å². The summed E-state index contributed by atoms with van der Waals surface area (Å²) < 4.78 is 29.1. The van der Waals surface area contributed by atoms with E-state index < -0.39 is 10.0 Å². The van der Waals surface area contributed by atoms with Crippen LogP contribution in [0.25, 0.3) is 11.0 Å². The Morgan fingerprint density at radius 3 is 2.71 bits per heavy atom. The number of benzene rings is 2. The Labute approximate surface area is 164 Å². The Morgan fingerprint density at radius 2 is 1.93 bits per heavy atom. The molecule has 1 heterocycles. The Bertz CT molecular complexity index is 1070. The van der Waals surface area contributed by atoms with Gasteiger partial charge in [0, 0.05) is 24.7 Å². The van der Waals surface area contributed by atoms with Gasteiger partial charge in [-0.1, -0.05) is 18.2 Å². The average Bonchev–Trinajstić information content (AvgIpc) is 3.07.